The summed E-state index contributed by atoms with van der Waals surface area (Å²) in [6, 6.07) is 2.57. The largest absolute Gasteiger partial charge is 0.463 e. The summed E-state index contributed by atoms with van der Waals surface area (Å²) in [5.41, 5.74) is -2.63. The number of hydrogen-bond donors (Lipinski definition) is 0. The van der Waals surface area contributed by atoms with Crippen LogP contribution < -0.4 is 11.2 Å². The second kappa shape index (κ2) is 8.45. The molecule has 1 saturated heterocycles. The molecule has 1 aliphatic rings. The number of hydrogen-bond acceptors (Lipinski definition) is 9. The summed E-state index contributed by atoms with van der Waals surface area (Å²) in [5, 5.41) is 0. The molecule has 1 aliphatic heterocycles. The predicted molar refractivity (Wildman–Crippen MR) is 94.1 cm³/mol. The molecular formula is C18H17FN2O9. The van der Waals surface area contributed by atoms with Crippen LogP contribution in [0.4, 0.5) is 4.39 Å². The van der Waals surface area contributed by atoms with E-state index in [0.717, 1.165) is 13.2 Å². The number of rotatable bonds is 5. The van der Waals surface area contributed by atoms with Crippen molar-refractivity contribution in [2.45, 2.75) is 38.7 Å². The fourth-order valence-electron chi connectivity index (χ4n) is 3.00. The Morgan fingerprint density at radius 2 is 1.97 bits per heavy atom. The number of aromatic nitrogens is 2. The summed E-state index contributed by atoms with van der Waals surface area (Å²) in [6.07, 6.45) is -1.42. The zero-order chi connectivity index (χ0) is 22.0. The van der Waals surface area contributed by atoms with Gasteiger partial charge in [0.15, 0.2) is 5.76 Å². The van der Waals surface area contributed by atoms with Gasteiger partial charge in [-0.3, -0.25) is 23.7 Å². The molecule has 0 amide bonds. The molecule has 12 heteroatoms. The lowest BCUT2D eigenvalue weighted by Crippen LogP contribution is -2.46. The molecule has 11 nitrogen and oxygen atoms in total. The Balaban J connectivity index is 1.98. The fourth-order valence-corrected chi connectivity index (χ4v) is 3.00. The number of carbonyl (C=O) groups excluding carboxylic acids is 3. The highest BCUT2D eigenvalue weighted by Crippen LogP contribution is 2.30. The van der Waals surface area contributed by atoms with E-state index in [4.69, 9.17) is 18.6 Å². The van der Waals surface area contributed by atoms with E-state index in [1.165, 1.54) is 19.1 Å². The van der Waals surface area contributed by atoms with Crippen molar-refractivity contribution in [3.63, 3.8) is 0 Å². The summed E-state index contributed by atoms with van der Waals surface area (Å²) in [5.74, 6) is -4.14. The van der Waals surface area contributed by atoms with Gasteiger partial charge in [0, 0.05) is 20.3 Å². The van der Waals surface area contributed by atoms with Gasteiger partial charge in [-0.15, -0.1) is 0 Å². The molecule has 3 rings (SSSR count). The molecule has 3 heterocycles. The number of furan rings is 1. The first kappa shape index (κ1) is 21.2. The van der Waals surface area contributed by atoms with E-state index in [2.05, 4.69) is 0 Å². The third-order valence-corrected chi connectivity index (χ3v) is 4.27. The lowest BCUT2D eigenvalue weighted by Gasteiger charge is -2.18. The van der Waals surface area contributed by atoms with E-state index in [9.17, 15) is 28.4 Å². The average Bonchev–Trinajstić information content (AvgIpc) is 3.33. The van der Waals surface area contributed by atoms with Gasteiger partial charge in [-0.25, -0.2) is 4.79 Å². The van der Waals surface area contributed by atoms with Crippen molar-refractivity contribution >= 4 is 17.8 Å². The molecule has 0 aliphatic carbocycles. The van der Waals surface area contributed by atoms with Crippen LogP contribution in [0.25, 0.3) is 0 Å². The first-order valence-electron chi connectivity index (χ1n) is 8.77. The Hall–Kier alpha value is -3.54. The van der Waals surface area contributed by atoms with Crippen molar-refractivity contribution in [3.8, 4) is 0 Å². The SMILES string of the molecule is CC(=O)OC[C@H]1O[C@@H](n2cc(F)c(=O)n(C(=O)c3ccco3)c2=O)C[C@@H]1OC(C)=O. The van der Waals surface area contributed by atoms with Gasteiger partial charge in [-0.2, -0.15) is 8.96 Å². The van der Waals surface area contributed by atoms with Gasteiger partial charge in [0.2, 0.25) is 5.82 Å². The van der Waals surface area contributed by atoms with E-state index in [0.29, 0.717) is 10.8 Å². The monoisotopic (exact) mass is 424 g/mol. The smallest absolute Gasteiger partial charge is 0.340 e. The maximum absolute atomic E-state index is 14.2. The van der Waals surface area contributed by atoms with Crippen LogP contribution in [0.3, 0.4) is 0 Å². The molecular weight excluding hydrogens is 407 g/mol. The van der Waals surface area contributed by atoms with Gasteiger partial charge in [-0.05, 0) is 12.1 Å². The average molecular weight is 424 g/mol. The van der Waals surface area contributed by atoms with Crippen LogP contribution in [-0.4, -0.2) is 45.8 Å². The minimum absolute atomic E-state index is 0.0811. The summed E-state index contributed by atoms with van der Waals surface area (Å²) < 4.78 is 35.5. The van der Waals surface area contributed by atoms with Crippen molar-refractivity contribution in [2.75, 3.05) is 6.61 Å². The predicted octanol–water partition coefficient (Wildman–Crippen LogP) is 0.213. The van der Waals surface area contributed by atoms with Crippen molar-refractivity contribution in [1.82, 2.24) is 9.13 Å². The Bertz CT molecular complexity index is 1090. The van der Waals surface area contributed by atoms with E-state index in [1.54, 1.807) is 0 Å². The maximum atomic E-state index is 14.2. The second-order valence-corrected chi connectivity index (χ2v) is 6.41. The molecule has 3 atom stereocenters. The third kappa shape index (κ3) is 4.22. The van der Waals surface area contributed by atoms with Crippen LogP contribution >= 0.6 is 0 Å². The van der Waals surface area contributed by atoms with Crippen LogP contribution in [0.2, 0.25) is 0 Å². The first-order chi connectivity index (χ1) is 14.2. The van der Waals surface area contributed by atoms with E-state index in [-0.39, 0.29) is 23.4 Å². The first-order valence-corrected chi connectivity index (χ1v) is 8.77. The van der Waals surface area contributed by atoms with Gasteiger partial charge in [0.1, 0.15) is 25.0 Å². The van der Waals surface area contributed by atoms with Crippen LogP contribution in [0, 0.1) is 5.82 Å². The number of halogens is 1. The van der Waals surface area contributed by atoms with E-state index < -0.39 is 53.3 Å². The molecule has 30 heavy (non-hydrogen) atoms. The van der Waals surface area contributed by atoms with Crippen LogP contribution in [-0.2, 0) is 23.8 Å². The molecule has 2 aromatic rings. The minimum Gasteiger partial charge on any atom is -0.463 e. The highest BCUT2D eigenvalue weighted by atomic mass is 19.1. The van der Waals surface area contributed by atoms with Crippen LogP contribution in [0.5, 0.6) is 0 Å². The number of carbonyl (C=O) groups is 3. The quantitative estimate of drug-likeness (QED) is 0.617. The van der Waals surface area contributed by atoms with Crippen LogP contribution in [0.1, 0.15) is 37.1 Å². The van der Waals surface area contributed by atoms with Gasteiger partial charge in [0.05, 0.1) is 12.5 Å². The summed E-state index contributed by atoms with van der Waals surface area (Å²) in [6.45, 7) is 2.04. The topological polar surface area (TPSA) is 136 Å². The second-order valence-electron chi connectivity index (χ2n) is 6.41. The third-order valence-electron chi connectivity index (χ3n) is 4.27. The van der Waals surface area contributed by atoms with Gasteiger partial charge in [0.25, 0.3) is 5.56 Å². The van der Waals surface area contributed by atoms with Crippen LogP contribution in [0.15, 0.2) is 38.6 Å². The van der Waals surface area contributed by atoms with Crippen molar-refractivity contribution in [2.24, 2.45) is 0 Å². The van der Waals surface area contributed by atoms with Crippen molar-refractivity contribution in [3.05, 3.63) is 57.0 Å². The zero-order valence-electron chi connectivity index (χ0n) is 15.9. The highest BCUT2D eigenvalue weighted by Gasteiger charge is 2.40. The zero-order valence-corrected chi connectivity index (χ0v) is 15.9. The number of ether oxygens (including phenoxy) is 3. The minimum atomic E-state index is -1.45. The van der Waals surface area contributed by atoms with E-state index >= 15 is 0 Å². The number of nitrogens with zero attached hydrogens (tertiary/aromatic N) is 2. The molecule has 0 bridgehead atoms. The molecule has 0 unspecified atom stereocenters. The molecule has 1 fully saturated rings. The van der Waals surface area contributed by atoms with Gasteiger partial charge >= 0.3 is 23.5 Å². The maximum Gasteiger partial charge on any atom is 0.340 e. The molecule has 0 aromatic carbocycles. The Labute approximate surface area is 167 Å². The molecule has 0 radical (unpaired) electrons. The Kier molecular flexibility index (Phi) is 5.96. The molecule has 0 spiro atoms. The van der Waals surface area contributed by atoms with E-state index in [1.807, 2.05) is 0 Å². The van der Waals surface area contributed by atoms with Gasteiger partial charge < -0.3 is 18.6 Å². The van der Waals surface area contributed by atoms with Crippen molar-refractivity contribution < 1.29 is 37.4 Å². The normalized spacial score (nSPS) is 20.7. The lowest BCUT2D eigenvalue weighted by molar-refractivity contribution is -0.155. The molecule has 0 saturated carbocycles. The molecule has 0 N–H and O–H groups in total. The highest BCUT2D eigenvalue weighted by molar-refractivity contribution is 5.92. The standard InChI is InChI=1S/C18H17FN2O9/c1-9(22)28-8-14-13(29-10(2)23)6-15(30-14)20-7-11(19)16(24)21(18(20)26)17(25)12-4-3-5-27-12/h3-5,7,13-15H,6,8H2,1-2H3/t13-,14+,15+/m0/s1. The Morgan fingerprint density at radius 1 is 1.23 bits per heavy atom. The fraction of sp³-hybridized carbons (Fsp3) is 0.389. The molecule has 160 valence electrons. The van der Waals surface area contributed by atoms with Gasteiger partial charge in [-0.1, -0.05) is 0 Å². The number of esters is 2. The summed E-state index contributed by atoms with van der Waals surface area (Å²) in [4.78, 5) is 59.7. The summed E-state index contributed by atoms with van der Waals surface area (Å²) in [7, 11) is 0. The lowest BCUT2D eigenvalue weighted by atomic mass is 10.2. The summed E-state index contributed by atoms with van der Waals surface area (Å²) >= 11 is 0. The van der Waals surface area contributed by atoms with Crippen molar-refractivity contribution in [1.29, 1.82) is 0 Å². The Morgan fingerprint density at radius 3 is 2.57 bits per heavy atom. The molecule has 2 aromatic heterocycles.